The number of ether oxygens (including phenoxy) is 2. The number of rotatable bonds is 6. The topological polar surface area (TPSA) is 103 Å². The van der Waals surface area contributed by atoms with Crippen LogP contribution < -0.4 is 10.6 Å². The number of aromatic nitrogens is 2. The van der Waals surface area contributed by atoms with Gasteiger partial charge in [0.15, 0.2) is 6.23 Å². The summed E-state index contributed by atoms with van der Waals surface area (Å²) in [4.78, 5) is 17.8. The van der Waals surface area contributed by atoms with Crippen molar-refractivity contribution in [3.8, 4) is 0 Å². The Morgan fingerprint density at radius 3 is 2.67 bits per heavy atom. The van der Waals surface area contributed by atoms with E-state index in [1.54, 1.807) is 25.1 Å². The van der Waals surface area contributed by atoms with E-state index in [1.165, 1.54) is 17.9 Å². The normalized spacial score (nSPS) is 27.4. The molecule has 1 aromatic heterocycles. The molecule has 1 saturated heterocycles. The van der Waals surface area contributed by atoms with Crippen LogP contribution in [0.5, 0.6) is 0 Å². The summed E-state index contributed by atoms with van der Waals surface area (Å²) in [5, 5.41) is 10.3. The van der Waals surface area contributed by atoms with Gasteiger partial charge in [-0.1, -0.05) is 0 Å². The Labute approximate surface area is 148 Å². The number of methoxy groups -OCH3 is 1. The molecule has 0 saturated carbocycles. The van der Waals surface area contributed by atoms with Gasteiger partial charge in [-0.2, -0.15) is 4.98 Å². The standard InChI is InChI=1S/C12H18Cl2N3O6P/c1-16(2)8-4-5-17(12(19)15-8)11-10(21-3)9(18)7(23-11)6-22-24(13,14)20/h4-5,7,9-11,18H,6H2,1-3H3. The Morgan fingerprint density at radius 1 is 1.50 bits per heavy atom. The Balaban J connectivity index is 2.23. The third-order valence-electron chi connectivity index (χ3n) is 3.52. The van der Waals surface area contributed by atoms with Crippen LogP contribution in [0.4, 0.5) is 5.82 Å². The van der Waals surface area contributed by atoms with E-state index in [4.69, 9.17) is 36.5 Å². The van der Waals surface area contributed by atoms with Crippen molar-refractivity contribution in [2.24, 2.45) is 0 Å². The summed E-state index contributed by atoms with van der Waals surface area (Å²) in [7, 11) is 4.88. The van der Waals surface area contributed by atoms with Gasteiger partial charge in [0.05, 0.1) is 6.61 Å². The molecule has 0 spiro atoms. The van der Waals surface area contributed by atoms with Crippen molar-refractivity contribution < 1.29 is 23.7 Å². The molecule has 0 radical (unpaired) electrons. The molecule has 0 amide bonds. The van der Waals surface area contributed by atoms with Gasteiger partial charge in [0.2, 0.25) is 0 Å². The Hall–Kier alpha value is -0.670. The molecule has 1 fully saturated rings. The monoisotopic (exact) mass is 401 g/mol. The second-order valence-electron chi connectivity index (χ2n) is 5.34. The number of nitrogens with zero attached hydrogens (tertiary/aromatic N) is 3. The van der Waals surface area contributed by atoms with E-state index in [0.29, 0.717) is 5.82 Å². The Bertz CT molecular complexity index is 681. The molecule has 24 heavy (non-hydrogen) atoms. The van der Waals surface area contributed by atoms with Crippen molar-refractivity contribution in [1.82, 2.24) is 9.55 Å². The zero-order valence-electron chi connectivity index (χ0n) is 13.2. The molecule has 0 aromatic carbocycles. The maximum absolute atomic E-state index is 12.2. The fourth-order valence-electron chi connectivity index (χ4n) is 2.34. The highest BCUT2D eigenvalue weighted by molar-refractivity contribution is 8.05. The minimum absolute atomic E-state index is 0.320. The number of anilines is 1. The Kier molecular flexibility index (Phi) is 6.30. The predicted octanol–water partition coefficient (Wildman–Crippen LogP) is 1.18. The Morgan fingerprint density at radius 2 is 2.17 bits per heavy atom. The molecule has 0 aliphatic carbocycles. The van der Waals surface area contributed by atoms with Gasteiger partial charge in [0.25, 0.3) is 0 Å². The summed E-state index contributed by atoms with van der Waals surface area (Å²) >= 11 is 10.6. The van der Waals surface area contributed by atoms with Crippen molar-refractivity contribution in [2.45, 2.75) is 24.5 Å². The molecular weight excluding hydrogens is 384 g/mol. The third kappa shape index (κ3) is 4.49. The van der Waals surface area contributed by atoms with Crippen molar-refractivity contribution >= 4 is 34.4 Å². The number of hydrogen-bond donors (Lipinski definition) is 1. The van der Waals surface area contributed by atoms with E-state index < -0.39 is 36.3 Å². The number of hydrogen-bond acceptors (Lipinski definition) is 8. The molecule has 9 nitrogen and oxygen atoms in total. The lowest BCUT2D eigenvalue weighted by atomic mass is 10.1. The molecule has 2 heterocycles. The van der Waals surface area contributed by atoms with E-state index >= 15 is 0 Å². The van der Waals surface area contributed by atoms with E-state index in [9.17, 15) is 14.5 Å². The second kappa shape index (κ2) is 7.70. The molecule has 4 unspecified atom stereocenters. The molecule has 1 aromatic rings. The van der Waals surface area contributed by atoms with Crippen LogP contribution >= 0.6 is 28.6 Å². The lowest BCUT2D eigenvalue weighted by Crippen LogP contribution is -2.37. The van der Waals surface area contributed by atoms with Gasteiger partial charge < -0.3 is 24.0 Å². The highest BCUT2D eigenvalue weighted by atomic mass is 35.9. The molecule has 0 bridgehead atoms. The summed E-state index contributed by atoms with van der Waals surface area (Å²) in [5.74, 6) is 0.480. The highest BCUT2D eigenvalue weighted by Crippen LogP contribution is 2.57. The molecule has 4 atom stereocenters. The van der Waals surface area contributed by atoms with Crippen LogP contribution in [0.3, 0.4) is 0 Å². The fraction of sp³-hybridized carbons (Fsp3) is 0.667. The summed E-state index contributed by atoms with van der Waals surface area (Å²) in [5.41, 5.74) is -0.567. The van der Waals surface area contributed by atoms with Gasteiger partial charge in [0, 0.05) is 27.4 Å². The largest absolute Gasteiger partial charge is 0.387 e. The molecule has 136 valence electrons. The number of aliphatic hydroxyl groups is 1. The van der Waals surface area contributed by atoms with Gasteiger partial charge in [-0.05, 0) is 28.5 Å². The van der Waals surface area contributed by atoms with Crippen molar-refractivity contribution in [3.63, 3.8) is 0 Å². The summed E-state index contributed by atoms with van der Waals surface area (Å²) in [6.07, 6.45) is -6.12. The summed E-state index contributed by atoms with van der Waals surface area (Å²) in [6, 6.07) is 1.62. The van der Waals surface area contributed by atoms with Crippen molar-refractivity contribution in [3.05, 3.63) is 22.7 Å². The average molecular weight is 402 g/mol. The zero-order chi connectivity index (χ0) is 18.1. The van der Waals surface area contributed by atoms with Gasteiger partial charge in [-0.25, -0.2) is 4.79 Å². The number of halogens is 2. The first-order valence-electron chi connectivity index (χ1n) is 6.91. The molecule has 1 aliphatic rings. The molecule has 2 rings (SSSR count). The first kappa shape index (κ1) is 19.7. The average Bonchev–Trinajstić information content (AvgIpc) is 2.80. The predicted molar refractivity (Wildman–Crippen MR) is 88.8 cm³/mol. The van der Waals surface area contributed by atoms with Crippen molar-refractivity contribution in [1.29, 1.82) is 0 Å². The SMILES string of the molecule is COC1C(O)C(COP(=O)(Cl)Cl)OC1n1ccc(N(C)C)nc1=O. The van der Waals surface area contributed by atoms with Crippen LogP contribution in [0.2, 0.25) is 0 Å². The third-order valence-corrected chi connectivity index (χ3v) is 4.56. The molecule has 12 heteroatoms. The van der Waals surface area contributed by atoms with E-state index in [-0.39, 0.29) is 6.61 Å². The van der Waals surface area contributed by atoms with Crippen LogP contribution in [-0.2, 0) is 18.6 Å². The van der Waals surface area contributed by atoms with Gasteiger partial charge in [-0.15, -0.1) is 0 Å². The maximum Gasteiger partial charge on any atom is 0.380 e. The van der Waals surface area contributed by atoms with Crippen LogP contribution in [0.1, 0.15) is 6.23 Å². The second-order valence-corrected chi connectivity index (χ2v) is 9.61. The molecule has 1 N–H and O–H groups in total. The first-order chi connectivity index (χ1) is 11.1. The van der Waals surface area contributed by atoms with Gasteiger partial charge in [-0.3, -0.25) is 9.13 Å². The van der Waals surface area contributed by atoms with Crippen molar-refractivity contribution in [2.75, 3.05) is 32.7 Å². The minimum Gasteiger partial charge on any atom is -0.387 e. The van der Waals surface area contributed by atoms with E-state index in [2.05, 4.69) is 4.98 Å². The van der Waals surface area contributed by atoms with Gasteiger partial charge in [0.1, 0.15) is 24.1 Å². The van der Waals surface area contributed by atoms with Crippen LogP contribution in [-0.4, -0.2) is 60.8 Å². The van der Waals surface area contributed by atoms with Crippen LogP contribution in [0.25, 0.3) is 0 Å². The molecular formula is C12H18Cl2N3O6P. The molecule has 1 aliphatic heterocycles. The zero-order valence-corrected chi connectivity index (χ0v) is 15.6. The lowest BCUT2D eigenvalue weighted by molar-refractivity contribution is -0.0597. The smallest absolute Gasteiger partial charge is 0.380 e. The van der Waals surface area contributed by atoms with E-state index in [1.807, 2.05) is 0 Å². The highest BCUT2D eigenvalue weighted by Gasteiger charge is 2.46. The summed E-state index contributed by atoms with van der Waals surface area (Å²) < 4.78 is 28.0. The number of aliphatic hydroxyl groups excluding tert-OH is 1. The van der Waals surface area contributed by atoms with E-state index in [0.717, 1.165) is 0 Å². The summed E-state index contributed by atoms with van der Waals surface area (Å²) in [6.45, 7) is -0.320. The van der Waals surface area contributed by atoms with Gasteiger partial charge >= 0.3 is 11.8 Å². The van der Waals surface area contributed by atoms with Crippen LogP contribution in [0.15, 0.2) is 17.1 Å². The fourth-order valence-corrected chi connectivity index (χ4v) is 3.00. The quantitative estimate of drug-likeness (QED) is 0.708. The lowest BCUT2D eigenvalue weighted by Gasteiger charge is -2.21. The maximum atomic E-state index is 12.2. The van der Waals surface area contributed by atoms with Crippen LogP contribution in [0, 0.1) is 0 Å². The minimum atomic E-state index is -3.77. The first-order valence-corrected chi connectivity index (χ1v) is 10.3.